The van der Waals surface area contributed by atoms with Gasteiger partial charge in [-0.15, -0.1) is 0 Å². The van der Waals surface area contributed by atoms with Crippen molar-refractivity contribution in [3.8, 4) is 34.5 Å². The summed E-state index contributed by atoms with van der Waals surface area (Å²) in [4.78, 5) is 4.59. The van der Waals surface area contributed by atoms with Crippen LogP contribution in [-0.2, 0) is 0 Å². The molecule has 0 radical (unpaired) electrons. The van der Waals surface area contributed by atoms with Gasteiger partial charge in [0.25, 0.3) is 0 Å². The van der Waals surface area contributed by atoms with Crippen molar-refractivity contribution in [1.82, 2.24) is 22.8 Å². The first-order valence-corrected chi connectivity index (χ1v) is 25.2. The number of benzene rings is 11. The number of nitriles is 1. The topological polar surface area (TPSA) is 52.8 Å². The van der Waals surface area contributed by atoms with Gasteiger partial charge in [-0.25, -0.2) is 4.85 Å². The van der Waals surface area contributed by atoms with Crippen molar-refractivity contribution in [2.24, 2.45) is 0 Å². The molecule has 16 rings (SSSR count). The number of aromatic nitrogens is 5. The minimum absolute atomic E-state index is 0.260. The highest BCUT2D eigenvalue weighted by Crippen LogP contribution is 2.52. The molecule has 346 valence electrons. The van der Waals surface area contributed by atoms with E-state index in [0.717, 1.165) is 126 Å². The van der Waals surface area contributed by atoms with Gasteiger partial charge in [-0.1, -0.05) is 164 Å². The second-order valence-electron chi connectivity index (χ2n) is 19.3. The van der Waals surface area contributed by atoms with Crippen LogP contribution in [0.5, 0.6) is 0 Å². The maximum atomic E-state index is 12.3. The Morgan fingerprint density at radius 3 is 0.947 bits per heavy atom. The first-order valence-electron chi connectivity index (χ1n) is 25.2. The molecule has 75 heavy (non-hydrogen) atoms. The molecule has 0 saturated heterocycles. The third-order valence-corrected chi connectivity index (χ3v) is 15.7. The van der Waals surface area contributed by atoms with E-state index in [-0.39, 0.29) is 11.3 Å². The lowest BCUT2D eigenvalue weighted by Gasteiger charge is -2.28. The molecule has 0 bridgehead atoms. The normalized spacial score (nSPS) is 12.0. The van der Waals surface area contributed by atoms with Gasteiger partial charge in [0.1, 0.15) is 0 Å². The van der Waals surface area contributed by atoms with Crippen LogP contribution < -0.4 is 0 Å². The Balaban J connectivity index is 1.24. The molecule has 0 unspecified atom stereocenters. The molecule has 0 atom stereocenters. The van der Waals surface area contributed by atoms with Gasteiger partial charge in [-0.05, 0) is 72.8 Å². The molecule has 0 aliphatic rings. The zero-order valence-corrected chi connectivity index (χ0v) is 40.1. The fourth-order valence-electron chi connectivity index (χ4n) is 12.9. The summed E-state index contributed by atoms with van der Waals surface area (Å²) < 4.78 is 11.7. The summed E-state index contributed by atoms with van der Waals surface area (Å²) in [5.41, 5.74) is 14.2. The smallest absolute Gasteiger partial charge is 0.232 e. The SMILES string of the molecule is [C-]#[N+]c1c(C#N)c(-n2c3ccccc3c3ccccc32)c(-n2c3ccccc3c3c4c5ccccc5n(-c5ccccc5)c4ccc32)c(-n2c3ccccc3c3ccccc32)c1-n1c2ccccc2c2ccccc21. The minimum Gasteiger partial charge on any atom is -0.317 e. The van der Waals surface area contributed by atoms with Gasteiger partial charge in [0.05, 0.1) is 96.1 Å². The van der Waals surface area contributed by atoms with Gasteiger partial charge in [-0.3, -0.25) is 0 Å². The van der Waals surface area contributed by atoms with Gasteiger partial charge < -0.3 is 22.8 Å². The summed E-state index contributed by atoms with van der Waals surface area (Å²) >= 11 is 0. The highest BCUT2D eigenvalue weighted by Gasteiger charge is 2.35. The Hall–Kier alpha value is -10.6. The molecule has 0 saturated carbocycles. The lowest BCUT2D eigenvalue weighted by molar-refractivity contribution is 1.02. The summed E-state index contributed by atoms with van der Waals surface area (Å²) in [5, 5.41) is 23.1. The van der Waals surface area contributed by atoms with Crippen molar-refractivity contribution < 1.29 is 0 Å². The molecule has 0 amide bonds. The van der Waals surface area contributed by atoms with Crippen molar-refractivity contribution >= 4 is 115 Å². The van der Waals surface area contributed by atoms with Gasteiger partial charge in [0.2, 0.25) is 5.69 Å². The molecule has 0 spiro atoms. The van der Waals surface area contributed by atoms with E-state index in [1.54, 1.807) is 0 Å². The first-order chi connectivity index (χ1) is 37.2. The van der Waals surface area contributed by atoms with E-state index in [4.69, 9.17) is 0 Å². The predicted octanol–water partition coefficient (Wildman–Crippen LogP) is 17.6. The molecule has 16 aromatic rings. The zero-order chi connectivity index (χ0) is 49.5. The Morgan fingerprint density at radius 1 is 0.280 bits per heavy atom. The van der Waals surface area contributed by atoms with Crippen LogP contribution >= 0.6 is 0 Å². The van der Waals surface area contributed by atoms with Crippen LogP contribution in [0.3, 0.4) is 0 Å². The Bertz CT molecular complexity index is 5060. The second-order valence-corrected chi connectivity index (χ2v) is 19.3. The molecule has 0 aliphatic heterocycles. The van der Waals surface area contributed by atoms with Crippen LogP contribution in [0.2, 0.25) is 0 Å². The monoisotopic (exact) mass is 953 g/mol. The van der Waals surface area contributed by atoms with Crippen molar-refractivity contribution in [2.75, 3.05) is 0 Å². The van der Waals surface area contributed by atoms with E-state index in [1.807, 2.05) is 0 Å². The third kappa shape index (κ3) is 5.40. The van der Waals surface area contributed by atoms with Crippen molar-refractivity contribution in [1.29, 1.82) is 5.26 Å². The number of nitrogens with zero attached hydrogens (tertiary/aromatic N) is 7. The van der Waals surface area contributed by atoms with Crippen LogP contribution in [0.15, 0.2) is 237 Å². The Morgan fingerprint density at radius 2 is 0.560 bits per heavy atom. The van der Waals surface area contributed by atoms with E-state index in [1.165, 1.54) is 0 Å². The van der Waals surface area contributed by atoms with Crippen molar-refractivity contribution in [2.45, 2.75) is 0 Å². The van der Waals surface area contributed by atoms with E-state index < -0.39 is 0 Å². The van der Waals surface area contributed by atoms with Gasteiger partial charge in [0.15, 0.2) is 0 Å². The summed E-state index contributed by atoms with van der Waals surface area (Å²) in [6.45, 7) is 9.52. The average Bonchev–Trinajstić information content (AvgIpc) is 4.40. The van der Waals surface area contributed by atoms with Gasteiger partial charge >= 0.3 is 0 Å². The van der Waals surface area contributed by atoms with Crippen LogP contribution in [0, 0.1) is 17.9 Å². The maximum absolute atomic E-state index is 12.3. The lowest BCUT2D eigenvalue weighted by atomic mass is 10.0. The van der Waals surface area contributed by atoms with Gasteiger partial charge in [0, 0.05) is 59.5 Å². The summed E-state index contributed by atoms with van der Waals surface area (Å²) in [6.07, 6.45) is 0. The van der Waals surface area contributed by atoms with E-state index in [9.17, 15) is 11.8 Å². The highest BCUT2D eigenvalue weighted by molar-refractivity contribution is 6.29. The van der Waals surface area contributed by atoms with Crippen LogP contribution in [0.25, 0.3) is 142 Å². The van der Waals surface area contributed by atoms with E-state index >= 15 is 0 Å². The van der Waals surface area contributed by atoms with Crippen LogP contribution in [0.1, 0.15) is 5.56 Å². The Labute approximate surface area is 428 Å². The molecule has 0 fully saturated rings. The van der Waals surface area contributed by atoms with Crippen LogP contribution in [-0.4, -0.2) is 22.8 Å². The van der Waals surface area contributed by atoms with E-state index in [2.05, 4.69) is 270 Å². The average molecular weight is 954 g/mol. The van der Waals surface area contributed by atoms with Crippen LogP contribution in [0.4, 0.5) is 5.69 Å². The number of hydrogen-bond donors (Lipinski definition) is 0. The van der Waals surface area contributed by atoms with E-state index in [0.29, 0.717) is 11.4 Å². The molecule has 7 heteroatoms. The fraction of sp³-hybridized carbons (Fsp3) is 0. The largest absolute Gasteiger partial charge is 0.317 e. The number of fused-ring (bicyclic) bond motifs is 16. The number of hydrogen-bond acceptors (Lipinski definition) is 1. The first kappa shape index (κ1) is 41.1. The lowest BCUT2D eigenvalue weighted by Crippen LogP contribution is -2.15. The van der Waals surface area contributed by atoms with Crippen molar-refractivity contribution in [3.63, 3.8) is 0 Å². The maximum Gasteiger partial charge on any atom is 0.232 e. The minimum atomic E-state index is 0.260. The molecular formula is C68H39N7. The zero-order valence-electron chi connectivity index (χ0n) is 40.1. The van der Waals surface area contributed by atoms with Gasteiger partial charge in [-0.2, -0.15) is 5.26 Å². The summed E-state index contributed by atoms with van der Waals surface area (Å²) in [7, 11) is 0. The van der Waals surface area contributed by atoms with Crippen molar-refractivity contribution in [3.05, 3.63) is 254 Å². The number of para-hydroxylation sites is 9. The fourth-order valence-corrected chi connectivity index (χ4v) is 12.9. The second kappa shape index (κ2) is 15.5. The molecule has 11 aromatic carbocycles. The third-order valence-electron chi connectivity index (χ3n) is 15.7. The number of rotatable bonds is 5. The summed E-state index contributed by atoms with van der Waals surface area (Å²) in [5.74, 6) is 0. The molecule has 5 heterocycles. The predicted molar refractivity (Wildman–Crippen MR) is 309 cm³/mol. The molecule has 0 aliphatic carbocycles. The summed E-state index contributed by atoms with van der Waals surface area (Å²) in [6, 6.07) is 86.4. The molecule has 0 N–H and O–H groups in total. The standard InChI is InChI=1S/C68H39N7/c1-70-64-51(41-69)65(72-52-31-13-5-23-43(52)44-24-6-14-32-53(44)72)67(75-59-38-20-12-30-50(59)63-61(75)40-39-60-62(63)49-29-11-19-37-58(49)71(60)42-21-3-2-4-22-42)68(74-56-35-17-9-27-47(56)48-28-10-18-36-57(48)74)66(64)73-54-33-15-7-25-45(54)46-26-8-16-34-55(46)73/h2-40H. The molecule has 7 nitrogen and oxygen atoms in total. The highest BCUT2D eigenvalue weighted by atomic mass is 15.2. The Kier molecular flexibility index (Phi) is 8.46. The molecule has 5 aromatic heterocycles. The molecular weight excluding hydrogens is 915 g/mol. The quantitative estimate of drug-likeness (QED) is 0.159.